The van der Waals surface area contributed by atoms with Gasteiger partial charge in [0.2, 0.25) is 10.0 Å². The number of rotatable bonds is 9. The van der Waals surface area contributed by atoms with Crippen molar-refractivity contribution >= 4 is 10.0 Å². The lowest BCUT2D eigenvalue weighted by molar-refractivity contribution is 0.328. The van der Waals surface area contributed by atoms with Crippen LogP contribution in [0, 0.1) is 0 Å². The molecule has 7 heteroatoms. The second kappa shape index (κ2) is 9.02. The molecule has 0 bridgehead atoms. The number of ether oxygens (including phenoxy) is 2. The maximum atomic E-state index is 13.2. The largest absolute Gasteiger partial charge is 0.493 e. The molecule has 0 saturated carbocycles. The van der Waals surface area contributed by atoms with Crippen LogP contribution in [0.1, 0.15) is 5.56 Å². The molecule has 2 aromatic carbocycles. The SMILES string of the molecule is COc1ccc(S(=O)(=O)N(CCN(C)C)Cc2ccccc2)cc1OC. The topological polar surface area (TPSA) is 59.1 Å². The third-order valence-corrected chi connectivity index (χ3v) is 5.83. The molecule has 0 aliphatic rings. The second-order valence-electron chi connectivity index (χ2n) is 6.14. The molecule has 0 atom stereocenters. The van der Waals surface area contributed by atoms with E-state index >= 15 is 0 Å². The predicted octanol–water partition coefficient (Wildman–Crippen LogP) is 2.46. The van der Waals surface area contributed by atoms with E-state index in [1.165, 1.54) is 24.6 Å². The highest BCUT2D eigenvalue weighted by Gasteiger charge is 2.26. The van der Waals surface area contributed by atoms with Gasteiger partial charge in [-0.3, -0.25) is 0 Å². The number of benzene rings is 2. The zero-order valence-electron chi connectivity index (χ0n) is 15.7. The quantitative estimate of drug-likeness (QED) is 0.671. The van der Waals surface area contributed by atoms with E-state index in [1.54, 1.807) is 12.1 Å². The molecule has 0 heterocycles. The summed E-state index contributed by atoms with van der Waals surface area (Å²) < 4.78 is 38.4. The first-order valence-corrected chi connectivity index (χ1v) is 9.73. The van der Waals surface area contributed by atoms with E-state index in [9.17, 15) is 8.42 Å². The highest BCUT2D eigenvalue weighted by atomic mass is 32.2. The van der Waals surface area contributed by atoms with Gasteiger partial charge < -0.3 is 14.4 Å². The fraction of sp³-hybridized carbons (Fsp3) is 0.368. The summed E-state index contributed by atoms with van der Waals surface area (Å²) >= 11 is 0. The van der Waals surface area contributed by atoms with Crippen molar-refractivity contribution in [2.45, 2.75) is 11.4 Å². The number of hydrogen-bond acceptors (Lipinski definition) is 5. The van der Waals surface area contributed by atoms with Crippen LogP contribution in [0.2, 0.25) is 0 Å². The Hall–Kier alpha value is -2.09. The fourth-order valence-corrected chi connectivity index (χ4v) is 3.94. The van der Waals surface area contributed by atoms with Crippen LogP contribution in [-0.4, -0.2) is 59.0 Å². The molecule has 6 nitrogen and oxygen atoms in total. The van der Waals surface area contributed by atoms with Crippen LogP contribution >= 0.6 is 0 Å². The van der Waals surface area contributed by atoms with Gasteiger partial charge in [0.05, 0.1) is 19.1 Å². The molecule has 26 heavy (non-hydrogen) atoms. The lowest BCUT2D eigenvalue weighted by Crippen LogP contribution is -2.36. The van der Waals surface area contributed by atoms with E-state index in [1.807, 2.05) is 49.3 Å². The van der Waals surface area contributed by atoms with Gasteiger partial charge in [-0.25, -0.2) is 8.42 Å². The molecule has 0 unspecified atom stereocenters. The molecule has 142 valence electrons. The zero-order valence-corrected chi connectivity index (χ0v) is 16.5. The highest BCUT2D eigenvalue weighted by Crippen LogP contribution is 2.31. The first-order valence-electron chi connectivity index (χ1n) is 8.29. The molecule has 2 aromatic rings. The van der Waals surface area contributed by atoms with Gasteiger partial charge in [-0.2, -0.15) is 4.31 Å². The summed E-state index contributed by atoms with van der Waals surface area (Å²) in [6.07, 6.45) is 0. The normalized spacial score (nSPS) is 11.8. The van der Waals surface area contributed by atoms with Gasteiger partial charge in [-0.15, -0.1) is 0 Å². The Bertz CT molecular complexity index is 808. The molecule has 0 aliphatic carbocycles. The first kappa shape index (κ1) is 20.2. The second-order valence-corrected chi connectivity index (χ2v) is 8.08. The van der Waals surface area contributed by atoms with Crippen molar-refractivity contribution in [3.63, 3.8) is 0 Å². The lowest BCUT2D eigenvalue weighted by Gasteiger charge is -2.24. The van der Waals surface area contributed by atoms with Crippen LogP contribution in [0.3, 0.4) is 0 Å². The Morgan fingerprint density at radius 2 is 1.54 bits per heavy atom. The average Bonchev–Trinajstić information content (AvgIpc) is 2.64. The molecule has 2 rings (SSSR count). The third-order valence-electron chi connectivity index (χ3n) is 3.99. The van der Waals surface area contributed by atoms with Crippen LogP contribution in [0.25, 0.3) is 0 Å². The fourth-order valence-electron chi connectivity index (χ4n) is 2.51. The molecule has 0 saturated heterocycles. The van der Waals surface area contributed by atoms with E-state index in [0.29, 0.717) is 31.1 Å². The Kier molecular flexibility index (Phi) is 7.02. The minimum absolute atomic E-state index is 0.185. The van der Waals surface area contributed by atoms with Crippen molar-refractivity contribution in [2.24, 2.45) is 0 Å². The van der Waals surface area contributed by atoms with Gasteiger partial charge in [-0.05, 0) is 31.8 Å². The van der Waals surface area contributed by atoms with Gasteiger partial charge in [-0.1, -0.05) is 30.3 Å². The van der Waals surface area contributed by atoms with Gasteiger partial charge in [0.15, 0.2) is 11.5 Å². The van der Waals surface area contributed by atoms with E-state index in [4.69, 9.17) is 9.47 Å². The Labute approximate surface area is 156 Å². The first-order chi connectivity index (χ1) is 12.4. The van der Waals surface area contributed by atoms with Crippen molar-refractivity contribution in [2.75, 3.05) is 41.4 Å². The standard InChI is InChI=1S/C19H26N2O4S/c1-20(2)12-13-21(15-16-8-6-5-7-9-16)26(22,23)17-10-11-18(24-3)19(14-17)25-4/h5-11,14H,12-13,15H2,1-4H3. The van der Waals surface area contributed by atoms with Gasteiger partial charge in [0.25, 0.3) is 0 Å². The molecule has 0 aliphatic heterocycles. The molecular weight excluding hydrogens is 352 g/mol. The van der Waals surface area contributed by atoms with E-state index in [2.05, 4.69) is 0 Å². The minimum atomic E-state index is -3.68. The number of methoxy groups -OCH3 is 2. The zero-order chi connectivity index (χ0) is 19.2. The van der Waals surface area contributed by atoms with E-state index in [0.717, 1.165) is 5.56 Å². The predicted molar refractivity (Wildman–Crippen MR) is 102 cm³/mol. The maximum Gasteiger partial charge on any atom is 0.243 e. The highest BCUT2D eigenvalue weighted by molar-refractivity contribution is 7.89. The minimum Gasteiger partial charge on any atom is -0.493 e. The summed E-state index contributed by atoms with van der Waals surface area (Å²) in [5.74, 6) is 0.884. The van der Waals surface area contributed by atoms with Crippen LogP contribution in [0.15, 0.2) is 53.4 Å². The van der Waals surface area contributed by atoms with Gasteiger partial charge in [0.1, 0.15) is 0 Å². The van der Waals surface area contributed by atoms with Crippen molar-refractivity contribution in [1.82, 2.24) is 9.21 Å². The van der Waals surface area contributed by atoms with Crippen molar-refractivity contribution in [3.8, 4) is 11.5 Å². The molecular formula is C19H26N2O4S. The number of sulfonamides is 1. The molecule has 0 amide bonds. The molecule has 0 aromatic heterocycles. The summed E-state index contributed by atoms with van der Waals surface area (Å²) in [4.78, 5) is 2.15. The van der Waals surface area contributed by atoms with Crippen molar-refractivity contribution in [3.05, 3.63) is 54.1 Å². The maximum absolute atomic E-state index is 13.2. The number of nitrogens with zero attached hydrogens (tertiary/aromatic N) is 2. The summed E-state index contributed by atoms with van der Waals surface area (Å²) in [6.45, 7) is 1.32. The monoisotopic (exact) mass is 378 g/mol. The molecule has 0 radical (unpaired) electrons. The lowest BCUT2D eigenvalue weighted by atomic mass is 10.2. The van der Waals surface area contributed by atoms with Crippen molar-refractivity contribution in [1.29, 1.82) is 0 Å². The Morgan fingerprint density at radius 3 is 2.12 bits per heavy atom. The summed E-state index contributed by atoms with van der Waals surface area (Å²) in [7, 11) is 3.17. The van der Waals surface area contributed by atoms with Crippen LogP contribution < -0.4 is 9.47 Å². The Morgan fingerprint density at radius 1 is 0.885 bits per heavy atom. The van der Waals surface area contributed by atoms with Gasteiger partial charge in [0, 0.05) is 25.7 Å². The van der Waals surface area contributed by atoms with Crippen molar-refractivity contribution < 1.29 is 17.9 Å². The van der Waals surface area contributed by atoms with E-state index in [-0.39, 0.29) is 4.90 Å². The van der Waals surface area contributed by atoms with E-state index < -0.39 is 10.0 Å². The van der Waals surface area contributed by atoms with Crippen LogP contribution in [0.5, 0.6) is 11.5 Å². The summed E-state index contributed by atoms with van der Waals surface area (Å²) in [5, 5.41) is 0. The Balaban J connectivity index is 2.37. The number of likely N-dealkylation sites (N-methyl/N-ethyl adjacent to an activating group) is 1. The van der Waals surface area contributed by atoms with Crippen LogP contribution in [-0.2, 0) is 16.6 Å². The molecule has 0 spiro atoms. The molecule has 0 fully saturated rings. The third kappa shape index (κ3) is 4.97. The average molecular weight is 378 g/mol. The van der Waals surface area contributed by atoms with Gasteiger partial charge >= 0.3 is 0 Å². The number of hydrogen-bond donors (Lipinski definition) is 0. The molecule has 0 N–H and O–H groups in total. The smallest absolute Gasteiger partial charge is 0.243 e. The van der Waals surface area contributed by atoms with Crippen LogP contribution in [0.4, 0.5) is 0 Å². The summed E-state index contributed by atoms with van der Waals surface area (Å²) in [6, 6.07) is 14.2. The summed E-state index contributed by atoms with van der Waals surface area (Å²) in [5.41, 5.74) is 0.940.